The third kappa shape index (κ3) is 10.00. The SMILES string of the molecule is CCCCCCCC[O][Sn]([CH](F)C(F)C(F)C(F)F)([CH](F)C(F)C(F)C(F)F)[CH](F)C(F)C(F)C(F)F. The fraction of sp³-hybridized carbons (Fsp3) is 1.00. The summed E-state index contributed by atoms with van der Waals surface area (Å²) in [4.78, 5) is 0. The Morgan fingerprint density at radius 1 is 0.432 bits per heavy atom. The molecule has 0 aromatic rings. The van der Waals surface area contributed by atoms with Gasteiger partial charge in [-0.25, -0.2) is 0 Å². The van der Waals surface area contributed by atoms with Gasteiger partial charge in [-0.3, -0.25) is 0 Å². The van der Waals surface area contributed by atoms with E-state index in [-0.39, 0.29) is 12.8 Å². The second-order valence-corrected chi connectivity index (χ2v) is 18.8. The van der Waals surface area contributed by atoms with Gasteiger partial charge >= 0.3 is 209 Å². The molecule has 0 aliphatic rings. The van der Waals surface area contributed by atoms with Crippen molar-refractivity contribution >= 4 is 18.8 Å². The van der Waals surface area contributed by atoms with E-state index in [1.165, 1.54) is 0 Å². The van der Waals surface area contributed by atoms with Crippen LogP contribution in [0.3, 0.4) is 0 Å². The van der Waals surface area contributed by atoms with Crippen molar-refractivity contribution < 1.29 is 68.9 Å². The number of rotatable bonds is 20. The molecule has 0 amide bonds. The molecule has 0 N–H and O–H groups in total. The topological polar surface area (TPSA) is 9.23 Å². The molecule has 0 aliphatic carbocycles. The first-order chi connectivity index (χ1) is 17.1. The maximum atomic E-state index is 15.1. The van der Waals surface area contributed by atoms with Crippen molar-refractivity contribution in [2.24, 2.45) is 0 Å². The predicted molar refractivity (Wildman–Crippen MR) is 107 cm³/mol. The van der Waals surface area contributed by atoms with Crippen LogP contribution in [-0.2, 0) is 3.07 Å². The third-order valence-electron chi connectivity index (χ3n) is 5.62. The summed E-state index contributed by atoms with van der Waals surface area (Å²) in [7, 11) is 0. The van der Waals surface area contributed by atoms with Crippen LogP contribution in [0.15, 0.2) is 0 Å². The van der Waals surface area contributed by atoms with Crippen molar-refractivity contribution in [2.45, 2.75) is 114 Å². The molecule has 0 saturated carbocycles. The molecule has 9 unspecified atom stereocenters. The summed E-state index contributed by atoms with van der Waals surface area (Å²) in [6.45, 7) is 0.690. The molecule has 17 heteroatoms. The fourth-order valence-electron chi connectivity index (χ4n) is 3.47. The van der Waals surface area contributed by atoms with Crippen LogP contribution in [0.1, 0.15) is 45.4 Å². The summed E-state index contributed by atoms with van der Waals surface area (Å²) in [5, 5.41) is 0. The number of hydrogen-bond acceptors (Lipinski definition) is 1. The summed E-state index contributed by atoms with van der Waals surface area (Å²) in [6.07, 6.45) is -36.4. The first-order valence-corrected chi connectivity index (χ1v) is 17.4. The van der Waals surface area contributed by atoms with Crippen LogP contribution in [0.4, 0.5) is 65.9 Å². The fourth-order valence-corrected chi connectivity index (χ4v) is 14.7. The maximum absolute atomic E-state index is 15.1. The summed E-state index contributed by atoms with van der Waals surface area (Å²) in [5.41, 5.74) is 0. The van der Waals surface area contributed by atoms with Crippen LogP contribution in [0.5, 0.6) is 0 Å². The Balaban J connectivity index is 6.56. The van der Waals surface area contributed by atoms with Gasteiger partial charge < -0.3 is 0 Å². The van der Waals surface area contributed by atoms with Gasteiger partial charge in [0.15, 0.2) is 0 Å². The van der Waals surface area contributed by atoms with E-state index >= 15 is 13.2 Å². The zero-order valence-electron chi connectivity index (χ0n) is 19.5. The van der Waals surface area contributed by atoms with Crippen LogP contribution in [0, 0.1) is 0 Å². The molecule has 0 saturated heterocycles. The monoisotopic (exact) mass is 690 g/mol. The molecule has 0 spiro atoms. The number of unbranched alkanes of at least 4 members (excludes halogenated alkanes) is 5. The zero-order chi connectivity index (χ0) is 29.1. The normalized spacial score (nSPS) is 21.8. The Kier molecular flexibility index (Phi) is 17.3. The first kappa shape index (κ1) is 36.7. The average molecular weight is 689 g/mol. The van der Waals surface area contributed by atoms with E-state index in [4.69, 9.17) is 0 Å². The first-order valence-electron chi connectivity index (χ1n) is 11.3. The van der Waals surface area contributed by atoms with Crippen molar-refractivity contribution in [1.29, 1.82) is 0 Å². The van der Waals surface area contributed by atoms with E-state index in [0.717, 1.165) is 12.8 Å². The number of halogens is 15. The molecule has 9 atom stereocenters. The summed E-state index contributed by atoms with van der Waals surface area (Å²) >= 11 is -8.11. The van der Waals surface area contributed by atoms with Crippen molar-refractivity contribution in [2.75, 3.05) is 6.61 Å². The number of hydrogen-bond donors (Lipinski definition) is 0. The molecule has 0 aromatic carbocycles. The number of alkyl halides is 15. The van der Waals surface area contributed by atoms with Gasteiger partial charge in [-0.1, -0.05) is 0 Å². The van der Waals surface area contributed by atoms with E-state index in [2.05, 4.69) is 3.07 Å². The zero-order valence-corrected chi connectivity index (χ0v) is 22.3. The van der Waals surface area contributed by atoms with E-state index in [1.807, 2.05) is 6.92 Å². The molecule has 224 valence electrons. The van der Waals surface area contributed by atoms with Crippen LogP contribution >= 0.6 is 0 Å². The van der Waals surface area contributed by atoms with Crippen molar-refractivity contribution in [3.8, 4) is 0 Å². The van der Waals surface area contributed by atoms with Gasteiger partial charge in [0.2, 0.25) is 0 Å². The van der Waals surface area contributed by atoms with E-state index in [1.54, 1.807) is 0 Å². The standard InChI is InChI=1S/C8H17O.3C4H4F5.Sn/c1-2-3-4-5-6-7-8-9;3*5-1-2(6)3(7)4(8)9;/h2-8H2,1H3;3*1-4H;/q-1;;;;+1. The summed E-state index contributed by atoms with van der Waals surface area (Å²) in [5.74, 6) is 0. The molecular formula is C20H29F15OSn. The Morgan fingerprint density at radius 3 is 1.03 bits per heavy atom. The second kappa shape index (κ2) is 17.4. The summed E-state index contributed by atoms with van der Waals surface area (Å²) in [6, 6.07) is 0. The molecule has 0 rings (SSSR count). The molecule has 0 aliphatic heterocycles. The van der Waals surface area contributed by atoms with Crippen molar-refractivity contribution in [1.82, 2.24) is 0 Å². The Bertz CT molecular complexity index is 540. The summed E-state index contributed by atoms with van der Waals surface area (Å²) < 4.78 is 196. The Morgan fingerprint density at radius 2 is 0.730 bits per heavy atom. The molecule has 0 radical (unpaired) electrons. The van der Waals surface area contributed by atoms with Gasteiger partial charge in [-0.05, 0) is 0 Å². The van der Waals surface area contributed by atoms with Crippen LogP contribution in [0.2, 0.25) is 0 Å². The van der Waals surface area contributed by atoms with E-state index in [0.29, 0.717) is 12.8 Å². The Hall–Kier alpha value is -0.291. The van der Waals surface area contributed by atoms with E-state index < -0.39 is 94.3 Å². The van der Waals surface area contributed by atoms with Gasteiger partial charge in [0.25, 0.3) is 0 Å². The quantitative estimate of drug-likeness (QED) is 0.0722. The van der Waals surface area contributed by atoms with Crippen LogP contribution in [0.25, 0.3) is 0 Å². The molecule has 0 heterocycles. The molecule has 0 fully saturated rings. The van der Waals surface area contributed by atoms with Crippen molar-refractivity contribution in [3.05, 3.63) is 0 Å². The molecule has 0 aromatic heterocycles. The van der Waals surface area contributed by atoms with Gasteiger partial charge in [0.05, 0.1) is 0 Å². The third-order valence-corrected chi connectivity index (χ3v) is 17.7. The molecular weight excluding hydrogens is 660 g/mol. The second-order valence-electron chi connectivity index (χ2n) is 8.34. The van der Waals surface area contributed by atoms with Crippen LogP contribution < -0.4 is 0 Å². The predicted octanol–water partition coefficient (Wildman–Crippen LogP) is 7.76. The van der Waals surface area contributed by atoms with Gasteiger partial charge in [0.1, 0.15) is 0 Å². The van der Waals surface area contributed by atoms with Crippen LogP contribution in [-0.4, -0.2) is 94.3 Å². The molecule has 0 bridgehead atoms. The minimum absolute atomic E-state index is 0.109. The molecule has 1 nitrogen and oxygen atoms in total. The average Bonchev–Trinajstić information content (AvgIpc) is 2.86. The van der Waals surface area contributed by atoms with Gasteiger partial charge in [0, 0.05) is 0 Å². The Labute approximate surface area is 208 Å². The van der Waals surface area contributed by atoms with Gasteiger partial charge in [-0.15, -0.1) is 0 Å². The van der Waals surface area contributed by atoms with Crippen molar-refractivity contribution in [3.63, 3.8) is 0 Å². The van der Waals surface area contributed by atoms with Gasteiger partial charge in [-0.2, -0.15) is 0 Å². The minimum atomic E-state index is -8.11. The molecule has 37 heavy (non-hydrogen) atoms. The van der Waals surface area contributed by atoms with E-state index in [9.17, 15) is 52.7 Å².